The predicted molar refractivity (Wildman–Crippen MR) is 133 cm³/mol. The van der Waals surface area contributed by atoms with Crippen molar-refractivity contribution in [1.29, 1.82) is 0 Å². The van der Waals surface area contributed by atoms with E-state index in [-0.39, 0.29) is 11.3 Å². The van der Waals surface area contributed by atoms with Gasteiger partial charge in [0.15, 0.2) is 0 Å². The van der Waals surface area contributed by atoms with E-state index in [1.807, 2.05) is 36.6 Å². The molecule has 3 rings (SSSR count). The number of aryl methyl sites for hydroxylation is 1. The average Bonchev–Trinajstić information content (AvgIpc) is 3.43. The van der Waals surface area contributed by atoms with Gasteiger partial charge in [-0.15, -0.1) is 11.3 Å². The lowest BCUT2D eigenvalue weighted by atomic mass is 9.98. The van der Waals surface area contributed by atoms with Gasteiger partial charge in [0.25, 0.3) is 11.7 Å². The summed E-state index contributed by atoms with van der Waals surface area (Å²) in [5, 5.41) is 13.2. The number of carbonyl (C=O) groups is 2. The molecule has 6 nitrogen and oxygen atoms in total. The maximum absolute atomic E-state index is 13.1. The molecule has 1 saturated heterocycles. The van der Waals surface area contributed by atoms with Crippen molar-refractivity contribution in [1.82, 2.24) is 9.80 Å². The summed E-state index contributed by atoms with van der Waals surface area (Å²) < 4.78 is 5.82. The highest BCUT2D eigenvalue weighted by Crippen LogP contribution is 2.41. The number of likely N-dealkylation sites (N-methyl/N-ethyl adjacent to an activating group) is 1. The van der Waals surface area contributed by atoms with Crippen molar-refractivity contribution in [3.8, 4) is 5.75 Å². The summed E-state index contributed by atoms with van der Waals surface area (Å²) >= 11 is 1.48. The molecule has 0 saturated carbocycles. The summed E-state index contributed by atoms with van der Waals surface area (Å²) in [6.07, 6.45) is 2.02. The van der Waals surface area contributed by atoms with Crippen molar-refractivity contribution < 1.29 is 19.4 Å². The largest absolute Gasteiger partial charge is 0.507 e. The Balaban J connectivity index is 1.97. The molecule has 1 amide bonds. The number of amides is 1. The Morgan fingerprint density at radius 3 is 2.55 bits per heavy atom. The van der Waals surface area contributed by atoms with Crippen LogP contribution in [0.2, 0.25) is 0 Å². The second kappa shape index (κ2) is 11.5. The first-order valence-electron chi connectivity index (χ1n) is 11.7. The molecule has 7 heteroatoms. The Bertz CT molecular complexity index is 996. The van der Waals surface area contributed by atoms with Gasteiger partial charge in [0.1, 0.15) is 11.5 Å². The first kappa shape index (κ1) is 25.0. The molecule has 1 aromatic heterocycles. The molecule has 1 N–H and O–H groups in total. The van der Waals surface area contributed by atoms with Gasteiger partial charge in [0.05, 0.1) is 18.2 Å². The van der Waals surface area contributed by atoms with E-state index in [1.54, 1.807) is 11.0 Å². The zero-order valence-electron chi connectivity index (χ0n) is 20.0. The lowest BCUT2D eigenvalue weighted by Crippen LogP contribution is -2.37. The van der Waals surface area contributed by atoms with Crippen LogP contribution in [0.5, 0.6) is 5.75 Å². The minimum atomic E-state index is -0.633. The standard InChI is InChI=1S/C26H34N2O4S/c1-5-8-15-32-20-12-11-19(17-18(20)4)24(29)22-23(21-10-9-16-33-21)28(26(31)25(22)30)14-13-27(6-2)7-3/h9-12,16-17,23,29H,5-8,13-15H2,1-4H3/t23-/m0/s1. The third kappa shape index (κ3) is 5.47. The molecule has 2 aromatic rings. The van der Waals surface area contributed by atoms with Gasteiger partial charge in [-0.25, -0.2) is 0 Å². The van der Waals surface area contributed by atoms with Gasteiger partial charge in [-0.2, -0.15) is 0 Å². The van der Waals surface area contributed by atoms with Crippen LogP contribution in [0, 0.1) is 6.92 Å². The number of ketones is 1. The minimum Gasteiger partial charge on any atom is -0.507 e. The summed E-state index contributed by atoms with van der Waals surface area (Å²) in [6.45, 7) is 11.7. The molecular weight excluding hydrogens is 436 g/mol. The number of hydrogen-bond donors (Lipinski definition) is 1. The van der Waals surface area contributed by atoms with Crippen molar-refractivity contribution >= 4 is 28.8 Å². The smallest absolute Gasteiger partial charge is 0.295 e. The van der Waals surface area contributed by atoms with Crippen LogP contribution in [0.3, 0.4) is 0 Å². The molecule has 0 unspecified atom stereocenters. The average molecular weight is 471 g/mol. The fourth-order valence-corrected chi connectivity index (χ4v) is 4.93. The molecule has 33 heavy (non-hydrogen) atoms. The SMILES string of the molecule is CCCCOc1ccc(C(O)=C2C(=O)C(=O)N(CCN(CC)CC)[C@H]2c2cccs2)cc1C. The summed E-state index contributed by atoms with van der Waals surface area (Å²) in [4.78, 5) is 30.8. The number of aliphatic hydroxyl groups is 1. The van der Waals surface area contributed by atoms with Crippen molar-refractivity contribution in [2.24, 2.45) is 0 Å². The van der Waals surface area contributed by atoms with Gasteiger partial charge in [-0.05, 0) is 61.6 Å². The fourth-order valence-electron chi connectivity index (χ4n) is 4.08. The zero-order valence-corrected chi connectivity index (χ0v) is 20.8. The van der Waals surface area contributed by atoms with E-state index in [2.05, 4.69) is 25.7 Å². The Kier molecular flexibility index (Phi) is 8.69. The number of rotatable bonds is 11. The van der Waals surface area contributed by atoms with Crippen LogP contribution in [-0.2, 0) is 9.59 Å². The first-order valence-corrected chi connectivity index (χ1v) is 12.6. The normalized spacial score (nSPS) is 17.8. The van der Waals surface area contributed by atoms with Gasteiger partial charge in [-0.3, -0.25) is 9.59 Å². The molecule has 1 aromatic carbocycles. The first-order chi connectivity index (χ1) is 15.9. The highest BCUT2D eigenvalue weighted by molar-refractivity contribution is 7.10. The molecule has 2 heterocycles. The second-order valence-electron chi connectivity index (χ2n) is 8.22. The number of aliphatic hydroxyl groups excluding tert-OH is 1. The van der Waals surface area contributed by atoms with Crippen LogP contribution in [0.1, 0.15) is 55.7 Å². The number of Topliss-reactive ketones (excluding diaryl/α,β-unsaturated/α-hetero) is 1. The van der Waals surface area contributed by atoms with Crippen molar-refractivity contribution in [3.63, 3.8) is 0 Å². The van der Waals surface area contributed by atoms with Gasteiger partial charge < -0.3 is 19.6 Å². The van der Waals surface area contributed by atoms with Crippen LogP contribution in [-0.4, -0.2) is 59.4 Å². The van der Waals surface area contributed by atoms with E-state index in [4.69, 9.17) is 4.74 Å². The molecule has 0 aliphatic carbocycles. The second-order valence-corrected chi connectivity index (χ2v) is 9.20. The highest BCUT2D eigenvalue weighted by Gasteiger charge is 2.46. The quantitative estimate of drug-likeness (QED) is 0.217. The Hall–Kier alpha value is -2.64. The van der Waals surface area contributed by atoms with Gasteiger partial charge >= 0.3 is 0 Å². The summed E-state index contributed by atoms with van der Waals surface area (Å²) in [7, 11) is 0. The number of likely N-dealkylation sites (tertiary alicyclic amines) is 1. The summed E-state index contributed by atoms with van der Waals surface area (Å²) in [5.41, 5.74) is 1.54. The Labute approximate surface area is 200 Å². The minimum absolute atomic E-state index is 0.139. The van der Waals surface area contributed by atoms with E-state index in [0.29, 0.717) is 25.3 Å². The van der Waals surface area contributed by atoms with E-state index < -0.39 is 17.7 Å². The van der Waals surface area contributed by atoms with Crippen LogP contribution < -0.4 is 4.74 Å². The van der Waals surface area contributed by atoms with E-state index in [0.717, 1.165) is 42.1 Å². The van der Waals surface area contributed by atoms with Crippen LogP contribution in [0.15, 0.2) is 41.3 Å². The molecule has 1 fully saturated rings. The lowest BCUT2D eigenvalue weighted by Gasteiger charge is -2.27. The molecule has 178 valence electrons. The molecule has 0 bridgehead atoms. The Morgan fingerprint density at radius 1 is 1.18 bits per heavy atom. The fraction of sp³-hybridized carbons (Fsp3) is 0.462. The maximum Gasteiger partial charge on any atom is 0.295 e. The monoisotopic (exact) mass is 470 g/mol. The van der Waals surface area contributed by atoms with Crippen LogP contribution in [0.4, 0.5) is 0 Å². The van der Waals surface area contributed by atoms with Gasteiger partial charge in [0.2, 0.25) is 0 Å². The molecule has 0 spiro atoms. The van der Waals surface area contributed by atoms with Crippen molar-refractivity contribution in [3.05, 3.63) is 57.3 Å². The van der Waals surface area contributed by atoms with E-state index in [1.165, 1.54) is 11.3 Å². The molecular formula is C26H34N2O4S. The number of nitrogens with zero attached hydrogens (tertiary/aromatic N) is 2. The van der Waals surface area contributed by atoms with E-state index >= 15 is 0 Å². The summed E-state index contributed by atoms with van der Waals surface area (Å²) in [6, 6.07) is 8.60. The third-order valence-electron chi connectivity index (χ3n) is 6.11. The molecule has 1 aliphatic rings. The number of unbranched alkanes of at least 4 members (excludes halogenated alkanes) is 1. The third-order valence-corrected chi connectivity index (χ3v) is 7.03. The summed E-state index contributed by atoms with van der Waals surface area (Å²) in [5.74, 6) is -0.570. The van der Waals surface area contributed by atoms with E-state index in [9.17, 15) is 14.7 Å². The number of benzene rings is 1. The highest BCUT2D eigenvalue weighted by atomic mass is 32.1. The van der Waals surface area contributed by atoms with Crippen LogP contribution in [0.25, 0.3) is 5.76 Å². The number of hydrogen-bond acceptors (Lipinski definition) is 6. The van der Waals surface area contributed by atoms with Crippen molar-refractivity contribution in [2.75, 3.05) is 32.8 Å². The Morgan fingerprint density at radius 2 is 1.94 bits per heavy atom. The molecule has 1 aliphatic heterocycles. The van der Waals surface area contributed by atoms with Gasteiger partial charge in [0, 0.05) is 23.5 Å². The maximum atomic E-state index is 13.1. The number of thiophene rings is 1. The van der Waals surface area contributed by atoms with Crippen molar-refractivity contribution in [2.45, 2.75) is 46.6 Å². The molecule has 0 radical (unpaired) electrons. The van der Waals surface area contributed by atoms with Crippen LogP contribution >= 0.6 is 11.3 Å². The van der Waals surface area contributed by atoms with Gasteiger partial charge in [-0.1, -0.05) is 33.3 Å². The predicted octanol–water partition coefficient (Wildman–Crippen LogP) is 5.00. The zero-order chi connectivity index (χ0) is 24.0. The number of carbonyl (C=O) groups excluding carboxylic acids is 2. The lowest BCUT2D eigenvalue weighted by molar-refractivity contribution is -0.140. The molecule has 1 atom stereocenters. The topological polar surface area (TPSA) is 70.1 Å². The number of ether oxygens (including phenoxy) is 1.